The number of rotatable bonds is 4. The van der Waals surface area contributed by atoms with Gasteiger partial charge in [-0.05, 0) is 50.3 Å². The predicted octanol–water partition coefficient (Wildman–Crippen LogP) is 3.24. The first-order chi connectivity index (χ1) is 11.9. The molecule has 2 N–H and O–H groups in total. The molecule has 2 heterocycles. The number of hydrogen-bond donors (Lipinski definition) is 2. The third-order valence-electron chi connectivity index (χ3n) is 3.92. The summed E-state index contributed by atoms with van der Waals surface area (Å²) in [6, 6.07) is 9.12. The summed E-state index contributed by atoms with van der Waals surface area (Å²) in [5.74, 6) is 1.01. The monoisotopic (exact) mass is 357 g/mol. The van der Waals surface area contributed by atoms with Gasteiger partial charge in [0.25, 0.3) is 5.69 Å². The Morgan fingerprint density at radius 3 is 2.52 bits per heavy atom. The van der Waals surface area contributed by atoms with Crippen LogP contribution in [0.15, 0.2) is 52.1 Å². The maximum atomic E-state index is 12.0. The Hall–Kier alpha value is -3.00. The molecular formula is C17H15N3O4S. The molecule has 0 spiro atoms. The lowest BCUT2D eigenvalue weighted by atomic mass is 9.98. The number of allylic oxidation sites excluding steroid dienone is 1. The standard InChI is InChI=1S/C17H15N3O4S/c1-9-15(10(2)21)16(19-17(25)18-9)14-8-7-13(24-14)11-3-5-12(6-4-11)20(22)23/h3-8,16H,1-2H3,(H2,18,19,25)/t16-/m0/s1. The van der Waals surface area contributed by atoms with Gasteiger partial charge in [0.2, 0.25) is 0 Å². The van der Waals surface area contributed by atoms with Gasteiger partial charge in [0.05, 0.1) is 4.92 Å². The highest BCUT2D eigenvalue weighted by Crippen LogP contribution is 2.32. The fraction of sp³-hybridized carbons (Fsp3) is 0.176. The van der Waals surface area contributed by atoms with Crippen molar-refractivity contribution in [3.8, 4) is 11.3 Å². The third-order valence-corrected chi connectivity index (χ3v) is 4.14. The second-order valence-electron chi connectivity index (χ2n) is 5.63. The van der Waals surface area contributed by atoms with E-state index in [2.05, 4.69) is 10.6 Å². The van der Waals surface area contributed by atoms with Crippen molar-refractivity contribution in [2.45, 2.75) is 19.9 Å². The molecule has 128 valence electrons. The summed E-state index contributed by atoms with van der Waals surface area (Å²) < 4.78 is 5.88. The molecule has 1 aromatic carbocycles. The van der Waals surface area contributed by atoms with Gasteiger partial charge in [-0.15, -0.1) is 0 Å². The maximum Gasteiger partial charge on any atom is 0.269 e. The quantitative estimate of drug-likeness (QED) is 0.492. The van der Waals surface area contributed by atoms with Crippen molar-refractivity contribution >= 4 is 28.8 Å². The number of nitrogens with one attached hydrogen (secondary N) is 2. The number of furan rings is 1. The number of non-ortho nitro benzene ring substituents is 1. The van der Waals surface area contributed by atoms with E-state index in [-0.39, 0.29) is 11.5 Å². The predicted molar refractivity (Wildman–Crippen MR) is 95.8 cm³/mol. The van der Waals surface area contributed by atoms with E-state index in [1.807, 2.05) is 0 Å². The van der Waals surface area contributed by atoms with Crippen LogP contribution in [0.4, 0.5) is 5.69 Å². The Bertz CT molecular complexity index is 899. The van der Waals surface area contributed by atoms with E-state index in [4.69, 9.17) is 16.6 Å². The van der Waals surface area contributed by atoms with Gasteiger partial charge >= 0.3 is 0 Å². The number of ketones is 1. The average Bonchev–Trinajstić information content (AvgIpc) is 3.03. The minimum Gasteiger partial charge on any atom is -0.459 e. The Morgan fingerprint density at radius 2 is 1.92 bits per heavy atom. The largest absolute Gasteiger partial charge is 0.459 e. The van der Waals surface area contributed by atoms with Crippen LogP contribution in [0.1, 0.15) is 25.6 Å². The Labute approximate surface area is 148 Å². The molecule has 1 aromatic heterocycles. The van der Waals surface area contributed by atoms with E-state index in [0.717, 1.165) is 0 Å². The number of carbonyl (C=O) groups is 1. The van der Waals surface area contributed by atoms with Crippen molar-refractivity contribution in [1.82, 2.24) is 10.6 Å². The summed E-state index contributed by atoms with van der Waals surface area (Å²) in [6.07, 6.45) is 0. The summed E-state index contributed by atoms with van der Waals surface area (Å²) in [6.45, 7) is 3.28. The van der Waals surface area contributed by atoms with E-state index in [1.54, 1.807) is 31.2 Å². The highest BCUT2D eigenvalue weighted by atomic mass is 32.1. The van der Waals surface area contributed by atoms with E-state index < -0.39 is 11.0 Å². The third kappa shape index (κ3) is 3.29. The van der Waals surface area contributed by atoms with Crippen molar-refractivity contribution in [2.75, 3.05) is 0 Å². The van der Waals surface area contributed by atoms with Gasteiger partial charge in [-0.25, -0.2) is 0 Å². The molecule has 0 bridgehead atoms. The Morgan fingerprint density at radius 1 is 1.24 bits per heavy atom. The van der Waals surface area contributed by atoms with E-state index in [0.29, 0.717) is 33.5 Å². The Kier molecular flexibility index (Phi) is 4.37. The lowest BCUT2D eigenvalue weighted by molar-refractivity contribution is -0.384. The van der Waals surface area contributed by atoms with Crippen LogP contribution >= 0.6 is 12.2 Å². The second kappa shape index (κ2) is 6.48. The molecule has 0 aliphatic carbocycles. The number of hydrogen-bond acceptors (Lipinski definition) is 5. The zero-order chi connectivity index (χ0) is 18.1. The van der Waals surface area contributed by atoms with Crippen LogP contribution in [-0.2, 0) is 4.79 Å². The maximum absolute atomic E-state index is 12.0. The molecule has 0 amide bonds. The first kappa shape index (κ1) is 16.8. The van der Waals surface area contributed by atoms with E-state index >= 15 is 0 Å². The molecule has 25 heavy (non-hydrogen) atoms. The number of thiocarbonyl (C=S) groups is 1. The van der Waals surface area contributed by atoms with Crippen molar-refractivity contribution in [3.05, 3.63) is 63.5 Å². The molecule has 0 saturated heterocycles. The number of benzene rings is 1. The van der Waals surface area contributed by atoms with Gasteiger partial charge in [-0.2, -0.15) is 0 Å². The fourth-order valence-corrected chi connectivity index (χ4v) is 3.06. The summed E-state index contributed by atoms with van der Waals surface area (Å²) in [7, 11) is 0. The lowest BCUT2D eigenvalue weighted by Crippen LogP contribution is -2.44. The van der Waals surface area contributed by atoms with Gasteiger partial charge in [0, 0.05) is 29.0 Å². The van der Waals surface area contributed by atoms with Gasteiger partial charge in [-0.3, -0.25) is 14.9 Å². The van der Waals surface area contributed by atoms with Crippen LogP contribution < -0.4 is 10.6 Å². The second-order valence-corrected chi connectivity index (χ2v) is 6.04. The molecule has 1 aliphatic heterocycles. The summed E-state index contributed by atoms with van der Waals surface area (Å²) >= 11 is 5.17. The lowest BCUT2D eigenvalue weighted by Gasteiger charge is -2.28. The summed E-state index contributed by atoms with van der Waals surface area (Å²) in [5.41, 5.74) is 1.96. The molecule has 1 aliphatic rings. The van der Waals surface area contributed by atoms with Crippen molar-refractivity contribution in [2.24, 2.45) is 0 Å². The molecule has 7 nitrogen and oxygen atoms in total. The highest BCUT2D eigenvalue weighted by Gasteiger charge is 2.30. The van der Waals surface area contributed by atoms with Crippen LogP contribution in [0.5, 0.6) is 0 Å². The average molecular weight is 357 g/mol. The van der Waals surface area contributed by atoms with Gasteiger partial charge in [-0.1, -0.05) is 0 Å². The van der Waals surface area contributed by atoms with E-state index in [1.165, 1.54) is 19.1 Å². The minimum atomic E-state index is -0.474. The number of carbonyl (C=O) groups excluding carboxylic acids is 1. The molecule has 1 atom stereocenters. The fourth-order valence-electron chi connectivity index (χ4n) is 2.78. The van der Waals surface area contributed by atoms with Crippen molar-refractivity contribution in [3.63, 3.8) is 0 Å². The number of nitro benzene ring substituents is 1. The molecule has 2 aromatic rings. The van der Waals surface area contributed by atoms with Crippen LogP contribution in [0.25, 0.3) is 11.3 Å². The minimum absolute atomic E-state index is 0.0123. The number of nitro groups is 1. The van der Waals surface area contributed by atoms with Crippen LogP contribution in [0.2, 0.25) is 0 Å². The number of Topliss-reactive ketones (excluding diaryl/α,β-unsaturated/α-hetero) is 1. The van der Waals surface area contributed by atoms with E-state index in [9.17, 15) is 14.9 Å². The van der Waals surface area contributed by atoms with Crippen LogP contribution in [0, 0.1) is 10.1 Å². The molecule has 0 unspecified atom stereocenters. The van der Waals surface area contributed by atoms with Crippen LogP contribution in [0.3, 0.4) is 0 Å². The summed E-state index contributed by atoms with van der Waals surface area (Å²) in [5, 5.41) is 17.1. The molecule has 3 rings (SSSR count). The number of nitrogens with zero attached hydrogens (tertiary/aromatic N) is 1. The molecular weight excluding hydrogens is 342 g/mol. The molecule has 0 fully saturated rings. The zero-order valence-electron chi connectivity index (χ0n) is 13.5. The smallest absolute Gasteiger partial charge is 0.269 e. The topological polar surface area (TPSA) is 97.4 Å². The highest BCUT2D eigenvalue weighted by molar-refractivity contribution is 7.80. The first-order valence-corrected chi connectivity index (χ1v) is 7.91. The van der Waals surface area contributed by atoms with Crippen molar-refractivity contribution < 1.29 is 14.1 Å². The van der Waals surface area contributed by atoms with Crippen molar-refractivity contribution in [1.29, 1.82) is 0 Å². The van der Waals surface area contributed by atoms with Gasteiger partial charge in [0.15, 0.2) is 10.9 Å². The molecule has 8 heteroatoms. The SMILES string of the molecule is CC(=O)C1=C(C)NC(=S)N[C@H]1c1ccc(-c2ccc([N+](=O)[O-])cc2)o1. The molecule has 0 saturated carbocycles. The Balaban J connectivity index is 1.95. The normalized spacial score (nSPS) is 17.0. The molecule has 0 radical (unpaired) electrons. The van der Waals surface area contributed by atoms with Gasteiger partial charge in [0.1, 0.15) is 17.6 Å². The summed E-state index contributed by atoms with van der Waals surface area (Å²) in [4.78, 5) is 22.3. The zero-order valence-corrected chi connectivity index (χ0v) is 14.3. The van der Waals surface area contributed by atoms with Gasteiger partial charge < -0.3 is 15.1 Å². The van der Waals surface area contributed by atoms with Crippen LogP contribution in [-0.4, -0.2) is 15.8 Å². The first-order valence-electron chi connectivity index (χ1n) is 7.50.